The summed E-state index contributed by atoms with van der Waals surface area (Å²) in [5.74, 6) is 0. The van der Waals surface area contributed by atoms with Crippen molar-refractivity contribution < 1.29 is 29.3 Å². The molecule has 0 spiro atoms. The van der Waals surface area contributed by atoms with Crippen LogP contribution in [0.15, 0.2) is 12.4 Å². The summed E-state index contributed by atoms with van der Waals surface area (Å²) in [4.78, 5) is 6.76. The van der Waals surface area contributed by atoms with Gasteiger partial charge in [0.1, 0.15) is 0 Å². The van der Waals surface area contributed by atoms with Gasteiger partial charge in [0, 0.05) is 0 Å². The molecule has 0 saturated carbocycles. The molecule has 0 unspecified atom stereocenters. The molecule has 0 aromatic carbocycles. The molecule has 1 fully saturated rings. The van der Waals surface area contributed by atoms with Crippen molar-refractivity contribution in [2.75, 3.05) is 26.4 Å². The van der Waals surface area contributed by atoms with Crippen molar-refractivity contribution in [1.29, 1.82) is 0 Å². The summed E-state index contributed by atoms with van der Waals surface area (Å²) in [7, 11) is 0. The molecule has 2 heterocycles. The van der Waals surface area contributed by atoms with Gasteiger partial charge in [-0.05, 0) is 0 Å². The fourth-order valence-electron chi connectivity index (χ4n) is 0.691. The fraction of sp³-hybridized carbons (Fsp3) is 0.400. The number of H-pyrrole nitrogens is 1. The van der Waals surface area contributed by atoms with Crippen LogP contribution < -0.4 is 21.4 Å². The Morgan fingerprint density at radius 1 is 0.958 bits per heavy atom. The third-order valence-corrected chi connectivity index (χ3v) is 1.77. The van der Waals surface area contributed by atoms with Crippen LogP contribution in [0.25, 0.3) is 0 Å². The SMILES string of the molecule is C1COCCO1.NC(=S)[S-].NC(=S)[S-].NC(=S)[S-].[Mo+3][c]1ncc[nH]1. The molecule has 1 aromatic heterocycles. The zero-order valence-electron chi connectivity index (χ0n) is 12.3. The first-order valence-corrected chi connectivity index (χ1v) is 9.26. The Bertz CT molecular complexity index is 381. The molecule has 7 N–H and O–H groups in total. The van der Waals surface area contributed by atoms with Crippen molar-refractivity contribution in [1.82, 2.24) is 9.97 Å². The second kappa shape index (κ2) is 23.1. The molecule has 0 bridgehead atoms. The second-order valence-corrected chi connectivity index (χ2v) is 7.44. The summed E-state index contributed by atoms with van der Waals surface area (Å²) < 4.78 is 11.1. The monoisotopic (exact) mass is 529 g/mol. The first-order valence-electron chi connectivity index (χ1n) is 5.80. The van der Waals surface area contributed by atoms with Gasteiger partial charge in [-0.15, -0.1) is 0 Å². The normalized spacial score (nSPS) is 11.1. The third kappa shape index (κ3) is 57.3. The van der Waals surface area contributed by atoms with Gasteiger partial charge in [0.2, 0.25) is 0 Å². The minimum absolute atomic E-state index is 0.0833. The number of nitrogens with one attached hydrogen (secondary N) is 1. The molecular weight excluding hydrogens is 510 g/mol. The Balaban J connectivity index is -0.000000234. The van der Waals surface area contributed by atoms with Gasteiger partial charge in [-0.3, -0.25) is 0 Å². The van der Waals surface area contributed by atoms with Crippen LogP contribution in [0.1, 0.15) is 0 Å². The van der Waals surface area contributed by atoms with E-state index in [0.29, 0.717) is 0 Å². The first kappa shape index (κ1) is 28.9. The topological polar surface area (TPSA) is 125 Å². The molecule has 136 valence electrons. The van der Waals surface area contributed by atoms with Crippen molar-refractivity contribution in [2.45, 2.75) is 0 Å². The summed E-state index contributed by atoms with van der Waals surface area (Å²) in [6.07, 6.45) is 3.54. The molecule has 1 aliphatic rings. The van der Waals surface area contributed by atoms with Crippen molar-refractivity contribution in [3.8, 4) is 0 Å². The van der Waals surface area contributed by atoms with Crippen LogP contribution in [0.2, 0.25) is 0 Å². The van der Waals surface area contributed by atoms with Crippen LogP contribution in [-0.2, 0) is 67.2 Å². The van der Waals surface area contributed by atoms with Crippen molar-refractivity contribution >= 4 is 91.7 Å². The summed E-state index contributed by atoms with van der Waals surface area (Å²) in [6, 6.07) is 0. The Hall–Kier alpha value is 0.148. The average molecular weight is 528 g/mol. The minimum atomic E-state index is 0.0833. The van der Waals surface area contributed by atoms with E-state index in [0.717, 1.165) is 30.6 Å². The van der Waals surface area contributed by atoms with Gasteiger partial charge >= 0.3 is 46.4 Å². The number of thiocarbonyl (C=S) groups is 3. The molecule has 2 rings (SSSR count). The van der Waals surface area contributed by atoms with Crippen molar-refractivity contribution in [3.05, 3.63) is 12.4 Å². The van der Waals surface area contributed by atoms with Crippen LogP contribution in [0, 0.1) is 0 Å². The molecule has 1 aliphatic heterocycles. The first-order chi connectivity index (χ1) is 11.1. The van der Waals surface area contributed by atoms with Gasteiger partial charge < -0.3 is 101 Å². The number of hydrogen-bond donors (Lipinski definition) is 4. The van der Waals surface area contributed by atoms with Crippen LogP contribution >= 0.6 is 36.7 Å². The van der Waals surface area contributed by atoms with E-state index in [-0.39, 0.29) is 13.0 Å². The number of ether oxygens (including phenoxy) is 2. The average Bonchev–Trinajstić information content (AvgIpc) is 2.91. The van der Waals surface area contributed by atoms with Gasteiger partial charge in [-0.1, -0.05) is 13.0 Å². The number of imidazole rings is 1. The quantitative estimate of drug-likeness (QED) is 0.187. The molecule has 24 heavy (non-hydrogen) atoms. The molecule has 14 heteroatoms. The van der Waals surface area contributed by atoms with Gasteiger partial charge in [0.25, 0.3) is 0 Å². The van der Waals surface area contributed by atoms with Gasteiger partial charge in [-0.25, -0.2) is 0 Å². The molecule has 0 radical (unpaired) electrons. The van der Waals surface area contributed by atoms with Gasteiger partial charge in [0.15, 0.2) is 0 Å². The third-order valence-electron chi connectivity index (χ3n) is 1.22. The van der Waals surface area contributed by atoms with E-state index in [1.165, 1.54) is 0 Å². The number of nitrogens with two attached hydrogens (primary N) is 3. The van der Waals surface area contributed by atoms with E-state index >= 15 is 0 Å². The zero-order chi connectivity index (χ0) is 19.4. The Labute approximate surface area is 185 Å². The molecule has 7 nitrogen and oxygen atoms in total. The molecule has 0 amide bonds. The number of rotatable bonds is 0. The van der Waals surface area contributed by atoms with E-state index in [1.807, 2.05) is 19.8 Å². The predicted octanol–water partition coefficient (Wildman–Crippen LogP) is -1.05. The van der Waals surface area contributed by atoms with Gasteiger partial charge in [-0.2, -0.15) is 0 Å². The number of aromatic nitrogens is 2. The molecule has 1 saturated heterocycles. The maximum atomic E-state index is 4.94. The Kier molecular flexibility index (Phi) is 27.9. The van der Waals surface area contributed by atoms with Crippen LogP contribution in [0.3, 0.4) is 0 Å². The summed E-state index contributed by atoms with van der Waals surface area (Å²) >= 11 is 26.6. The molecular formula is C10H17MoN5O2S6. The summed E-state index contributed by atoms with van der Waals surface area (Å²) in [6.45, 7) is 3.11. The molecule has 0 atom stereocenters. The van der Waals surface area contributed by atoms with Crippen LogP contribution in [0.5, 0.6) is 0 Å². The standard InChI is InChI=1S/C4H8O2.C3H3N2.3CH3NS2.Mo/c1-2-6-4-3-5-1;1-2-5-3-4-1;3*2-1(3)4;/h1-4H2;1-2H,(H,4,5);3*(H3,2,3,4);/q;;;;;+3/p-3. The maximum absolute atomic E-state index is 4.94. The van der Waals surface area contributed by atoms with Gasteiger partial charge in [0.05, 0.1) is 26.4 Å². The van der Waals surface area contributed by atoms with E-state index in [2.05, 4.69) is 102 Å². The van der Waals surface area contributed by atoms with Crippen LogP contribution in [0.4, 0.5) is 0 Å². The number of hydrogen-bond acceptors (Lipinski definition) is 9. The van der Waals surface area contributed by atoms with E-state index in [1.54, 1.807) is 12.4 Å². The number of aromatic amines is 1. The predicted molar refractivity (Wildman–Crippen MR) is 112 cm³/mol. The van der Waals surface area contributed by atoms with E-state index in [9.17, 15) is 0 Å². The Morgan fingerprint density at radius 3 is 1.33 bits per heavy atom. The van der Waals surface area contributed by atoms with Crippen LogP contribution in [-0.4, -0.2) is 49.4 Å². The fourth-order valence-corrected chi connectivity index (χ4v) is 1.01. The molecule has 0 aliphatic carbocycles. The number of nitrogens with zero attached hydrogens (tertiary/aromatic N) is 1. The Morgan fingerprint density at radius 2 is 1.25 bits per heavy atom. The second-order valence-electron chi connectivity index (χ2n) is 3.08. The van der Waals surface area contributed by atoms with E-state index in [4.69, 9.17) is 9.47 Å². The summed E-state index contributed by atoms with van der Waals surface area (Å²) in [5.41, 5.74) is 14.0. The van der Waals surface area contributed by atoms with Crippen molar-refractivity contribution in [3.63, 3.8) is 0 Å². The zero-order valence-corrected chi connectivity index (χ0v) is 19.2. The van der Waals surface area contributed by atoms with Crippen molar-refractivity contribution in [2.24, 2.45) is 17.2 Å². The van der Waals surface area contributed by atoms with E-state index < -0.39 is 0 Å². The summed E-state index contributed by atoms with van der Waals surface area (Å²) in [5, 5.41) is 0. The molecule has 1 aromatic rings.